The van der Waals surface area contributed by atoms with Gasteiger partial charge in [-0.15, -0.1) is 0 Å². The second-order valence-corrected chi connectivity index (χ2v) is 1.21. The smallest absolute Gasteiger partial charge is 1.00 e. The molecule has 0 heterocycles. The van der Waals surface area contributed by atoms with Gasteiger partial charge < -0.3 is 16.4 Å². The zero-order valence-electron chi connectivity index (χ0n) is 7.83. The molecule has 0 atom stereocenters. The fourth-order valence-corrected chi connectivity index (χ4v) is 0.203. The van der Waals surface area contributed by atoms with Crippen LogP contribution >= 0.6 is 0 Å². The number of hydrogen-bond donors (Lipinski definition) is 2. The molecule has 0 aromatic carbocycles. The molecule has 6 heteroatoms. The molecule has 0 aromatic rings. The molecule has 0 saturated heterocycles. The summed E-state index contributed by atoms with van der Waals surface area (Å²) in [5.41, 5.74) is 0. The minimum atomic E-state index is -1.83. The second-order valence-electron chi connectivity index (χ2n) is 1.21. The van der Waals surface area contributed by atoms with E-state index in [1.54, 1.807) is 6.92 Å². The van der Waals surface area contributed by atoms with Gasteiger partial charge in [-0.05, 0) is 6.92 Å². The van der Waals surface area contributed by atoms with Crippen LogP contribution in [-0.4, -0.2) is 28.9 Å². The molecule has 0 spiro atoms. The van der Waals surface area contributed by atoms with Gasteiger partial charge in [0.05, 0.1) is 6.61 Å². The summed E-state index contributed by atoms with van der Waals surface area (Å²) in [6, 6.07) is 0. The number of carbonyl (C=O) groups is 2. The van der Waals surface area contributed by atoms with Crippen molar-refractivity contribution in [3.63, 3.8) is 0 Å². The number of rotatable bonds is 1. The molecule has 0 aliphatic rings. The third-order valence-electron chi connectivity index (χ3n) is 0.348. The van der Waals surface area contributed by atoms with Crippen LogP contribution in [0.2, 0.25) is 0 Å². The Kier molecular flexibility index (Phi) is 21.6. The summed E-state index contributed by atoms with van der Waals surface area (Å²) in [5, 5.41) is 13.9. The third kappa shape index (κ3) is 58.0. The maximum absolute atomic E-state index is 9.82. The largest absolute Gasteiger partial charge is 1.00 e. The molecular weight excluding hydrogens is 273 g/mol. The van der Waals surface area contributed by atoms with Crippen LogP contribution in [0, 0.1) is 0 Å². The van der Waals surface area contributed by atoms with E-state index < -0.39 is 6.16 Å². The average molecular weight is 284 g/mol. The van der Waals surface area contributed by atoms with Gasteiger partial charge in [0, 0.05) is 6.92 Å². The van der Waals surface area contributed by atoms with Gasteiger partial charge in [-0.3, -0.25) is 4.79 Å². The molecule has 0 radical (unpaired) electrons. The van der Waals surface area contributed by atoms with E-state index in [1.807, 2.05) is 0 Å². The maximum atomic E-state index is 9.82. The van der Waals surface area contributed by atoms with E-state index in [2.05, 4.69) is 4.74 Å². The van der Waals surface area contributed by atoms with Crippen molar-refractivity contribution in [2.24, 2.45) is 0 Å². The Hall–Kier alpha value is 0.792. The van der Waals surface area contributed by atoms with Gasteiger partial charge in [-0.25, -0.2) is 4.79 Å². The van der Waals surface area contributed by atoms with Gasteiger partial charge in [0.15, 0.2) is 0 Å². The van der Waals surface area contributed by atoms with E-state index in [0.29, 0.717) is 6.61 Å². The zero-order chi connectivity index (χ0) is 8.57. The van der Waals surface area contributed by atoms with Crippen molar-refractivity contribution in [3.05, 3.63) is 0 Å². The van der Waals surface area contributed by atoms with Crippen molar-refractivity contribution in [2.45, 2.75) is 13.8 Å². The molecule has 0 aromatic heterocycles. The van der Waals surface area contributed by atoms with Crippen LogP contribution < -0.4 is 68.9 Å². The predicted octanol–water partition coefficient (Wildman–Crippen LogP) is -2.09. The summed E-state index contributed by atoms with van der Waals surface area (Å²) in [6.07, 6.45) is -1.83. The summed E-state index contributed by atoms with van der Waals surface area (Å²) in [7, 11) is 0. The quantitative estimate of drug-likeness (QED) is 0.539. The molecule has 0 aliphatic carbocycles. The van der Waals surface area contributed by atoms with E-state index in [4.69, 9.17) is 15.0 Å². The fourth-order valence-electron chi connectivity index (χ4n) is 0.203. The van der Waals surface area contributed by atoms with Gasteiger partial charge in [0.2, 0.25) is 0 Å². The predicted molar refractivity (Wildman–Crippen MR) is 34.1 cm³/mol. The summed E-state index contributed by atoms with van der Waals surface area (Å²) in [5.74, 6) is -0.211. The minimum Gasteiger partial charge on any atom is -1.00 e. The molecule has 0 fully saturated rings. The molecule has 5 nitrogen and oxygen atoms in total. The SMILES string of the molecule is CCOC(C)=O.O=C(O)O.[Cs+].[H-]. The standard InChI is InChI=1S/C4H8O2.CH2O3.Cs.H/c1-3-6-4(2)5;2-1(3)4;;/h3H2,1-2H3;(H2,2,3,4);;/q;;+1;-1. The van der Waals surface area contributed by atoms with Gasteiger partial charge in [-0.2, -0.15) is 0 Å². The van der Waals surface area contributed by atoms with Crippen LogP contribution in [0.4, 0.5) is 4.79 Å². The Morgan fingerprint density at radius 1 is 1.45 bits per heavy atom. The zero-order valence-corrected chi connectivity index (χ0v) is 13.1. The van der Waals surface area contributed by atoms with Crippen LogP contribution in [-0.2, 0) is 9.53 Å². The Balaban J connectivity index is -0.0000000483. The van der Waals surface area contributed by atoms with Crippen molar-refractivity contribution in [1.29, 1.82) is 0 Å². The van der Waals surface area contributed by atoms with Gasteiger partial charge in [0.1, 0.15) is 0 Å². The van der Waals surface area contributed by atoms with Crippen molar-refractivity contribution in [2.75, 3.05) is 6.61 Å². The Labute approximate surface area is 125 Å². The van der Waals surface area contributed by atoms with E-state index in [0.717, 1.165) is 0 Å². The molecule has 2 N–H and O–H groups in total. The molecule has 11 heavy (non-hydrogen) atoms. The molecule has 0 bridgehead atoms. The number of hydrogen-bond acceptors (Lipinski definition) is 3. The summed E-state index contributed by atoms with van der Waals surface area (Å²) < 4.78 is 4.40. The third-order valence-corrected chi connectivity index (χ3v) is 0.348. The van der Waals surface area contributed by atoms with Crippen LogP contribution in [0.1, 0.15) is 15.3 Å². The van der Waals surface area contributed by atoms with Crippen molar-refractivity contribution in [3.8, 4) is 0 Å². The Bertz CT molecular complexity index is 114. The molecule has 0 saturated carbocycles. The first-order valence-corrected chi connectivity index (χ1v) is 2.56. The first kappa shape index (κ1) is 17.8. The molecule has 0 rings (SSSR count). The van der Waals surface area contributed by atoms with Crippen molar-refractivity contribution < 1.29 is 94.9 Å². The molecule has 0 unspecified atom stereocenters. The second kappa shape index (κ2) is 13.4. The normalized spacial score (nSPS) is 6.36. The number of ether oxygens (including phenoxy) is 1. The monoisotopic (exact) mass is 284 g/mol. The number of esters is 1. The first-order chi connectivity index (χ1) is 4.50. The van der Waals surface area contributed by atoms with Crippen LogP contribution in [0.15, 0.2) is 0 Å². The fraction of sp³-hybridized carbons (Fsp3) is 0.600. The molecule has 0 amide bonds. The summed E-state index contributed by atoms with van der Waals surface area (Å²) in [4.78, 5) is 18.4. The molecule has 0 aliphatic heterocycles. The van der Waals surface area contributed by atoms with Gasteiger partial charge >= 0.3 is 81.0 Å². The van der Waals surface area contributed by atoms with Crippen LogP contribution in [0.5, 0.6) is 0 Å². The number of carboxylic acid groups (broad SMARTS) is 2. The molecular formula is C5H11CsO5. The first-order valence-electron chi connectivity index (χ1n) is 2.56. The van der Waals surface area contributed by atoms with E-state index in [9.17, 15) is 4.79 Å². The van der Waals surface area contributed by atoms with Gasteiger partial charge in [-0.1, -0.05) is 0 Å². The minimum absolute atomic E-state index is 0. The Morgan fingerprint density at radius 2 is 1.73 bits per heavy atom. The average Bonchev–Trinajstić information content (AvgIpc) is 1.62. The Morgan fingerprint density at radius 3 is 1.73 bits per heavy atom. The van der Waals surface area contributed by atoms with E-state index in [1.165, 1.54) is 6.92 Å². The van der Waals surface area contributed by atoms with E-state index in [-0.39, 0.29) is 76.3 Å². The topological polar surface area (TPSA) is 83.8 Å². The maximum Gasteiger partial charge on any atom is 1.00 e. The molecule has 62 valence electrons. The van der Waals surface area contributed by atoms with E-state index >= 15 is 0 Å². The summed E-state index contributed by atoms with van der Waals surface area (Å²) >= 11 is 0. The van der Waals surface area contributed by atoms with Crippen molar-refractivity contribution in [1.82, 2.24) is 0 Å². The van der Waals surface area contributed by atoms with Crippen LogP contribution in [0.25, 0.3) is 0 Å². The summed E-state index contributed by atoms with van der Waals surface area (Å²) in [6.45, 7) is 3.65. The van der Waals surface area contributed by atoms with Crippen molar-refractivity contribution >= 4 is 12.1 Å². The van der Waals surface area contributed by atoms with Crippen LogP contribution in [0.3, 0.4) is 0 Å². The van der Waals surface area contributed by atoms with Gasteiger partial charge in [0.25, 0.3) is 0 Å². The number of carbonyl (C=O) groups excluding carboxylic acids is 1.